The molecule has 0 bridgehead atoms. The number of hydrogen-bond donors (Lipinski definition) is 2. The van der Waals surface area contributed by atoms with Crippen LogP contribution in [-0.2, 0) is 0 Å². The fourth-order valence-corrected chi connectivity index (χ4v) is 0.944. The maximum absolute atomic E-state index is 12.7. The molecule has 0 aliphatic carbocycles. The van der Waals surface area contributed by atoms with Crippen LogP contribution in [-0.4, -0.2) is 11.4 Å². The number of rotatable bonds is 1. The lowest BCUT2D eigenvalue weighted by Gasteiger charge is -2.00. The van der Waals surface area contributed by atoms with Crippen LogP contribution in [0.25, 0.3) is 0 Å². The van der Waals surface area contributed by atoms with Crippen LogP contribution in [0.4, 0.5) is 10.1 Å². The average Bonchev–Trinajstić information content (AvgIpc) is 2.01. The Morgan fingerprint density at radius 1 is 1.58 bits per heavy atom. The Hall–Kier alpha value is -1.29. The molecule has 0 aromatic heterocycles. The predicted molar refractivity (Wildman–Crippen MR) is 45.2 cm³/mol. The molecule has 0 saturated carbocycles. The summed E-state index contributed by atoms with van der Waals surface area (Å²) in [7, 11) is 0. The predicted octanol–water partition coefficient (Wildman–Crippen LogP) is 1.87. The van der Waals surface area contributed by atoms with Crippen molar-refractivity contribution in [3.05, 3.63) is 28.5 Å². The first-order chi connectivity index (χ1) is 5.65. The van der Waals surface area contributed by atoms with Crippen molar-refractivity contribution in [3.63, 3.8) is 0 Å². The van der Waals surface area contributed by atoms with E-state index in [-0.39, 0.29) is 10.7 Å². The van der Waals surface area contributed by atoms with Crippen LogP contribution in [0, 0.1) is 5.82 Å². The lowest BCUT2D eigenvalue weighted by atomic mass is 10.2. The standard InChI is InChI=1S/C7H6ClFN2O/c8-5-2-6(9)7(10)1-4(5)3-11-12/h1-3,12H,10H2/b11-3+. The molecule has 0 amide bonds. The fourth-order valence-electron chi connectivity index (χ4n) is 0.744. The van der Waals surface area contributed by atoms with Crippen LogP contribution in [0.1, 0.15) is 5.56 Å². The van der Waals surface area contributed by atoms with Gasteiger partial charge in [0.25, 0.3) is 0 Å². The van der Waals surface area contributed by atoms with Gasteiger partial charge in [-0.2, -0.15) is 0 Å². The number of nitrogens with zero attached hydrogens (tertiary/aromatic N) is 1. The highest BCUT2D eigenvalue weighted by Crippen LogP contribution is 2.20. The van der Waals surface area contributed by atoms with E-state index in [1.54, 1.807) is 0 Å². The summed E-state index contributed by atoms with van der Waals surface area (Å²) in [5, 5.41) is 11.1. The summed E-state index contributed by atoms with van der Waals surface area (Å²) in [5.74, 6) is -0.588. The zero-order chi connectivity index (χ0) is 9.14. The molecule has 0 aliphatic heterocycles. The van der Waals surface area contributed by atoms with Crippen molar-refractivity contribution in [3.8, 4) is 0 Å². The third-order valence-corrected chi connectivity index (χ3v) is 1.64. The molecule has 0 atom stereocenters. The molecule has 0 radical (unpaired) electrons. The molecule has 5 heteroatoms. The van der Waals surface area contributed by atoms with E-state index in [4.69, 9.17) is 22.5 Å². The average molecular weight is 189 g/mol. The van der Waals surface area contributed by atoms with E-state index in [1.807, 2.05) is 0 Å². The molecule has 0 spiro atoms. The second-order valence-corrected chi connectivity index (χ2v) is 2.55. The minimum atomic E-state index is -0.588. The van der Waals surface area contributed by atoms with E-state index in [0.29, 0.717) is 5.56 Å². The van der Waals surface area contributed by atoms with E-state index in [0.717, 1.165) is 12.3 Å². The zero-order valence-corrected chi connectivity index (χ0v) is 6.72. The van der Waals surface area contributed by atoms with E-state index < -0.39 is 5.82 Å². The van der Waals surface area contributed by atoms with Crippen LogP contribution in [0.3, 0.4) is 0 Å². The van der Waals surface area contributed by atoms with E-state index in [1.165, 1.54) is 6.07 Å². The smallest absolute Gasteiger partial charge is 0.147 e. The number of oxime groups is 1. The first-order valence-electron chi connectivity index (χ1n) is 3.07. The lowest BCUT2D eigenvalue weighted by Crippen LogP contribution is -1.93. The lowest BCUT2D eigenvalue weighted by molar-refractivity contribution is 0.322. The molecule has 0 saturated heterocycles. The summed E-state index contributed by atoms with van der Waals surface area (Å²) in [6, 6.07) is 2.35. The van der Waals surface area contributed by atoms with Gasteiger partial charge in [0.1, 0.15) is 5.82 Å². The van der Waals surface area contributed by atoms with Crippen LogP contribution < -0.4 is 5.73 Å². The van der Waals surface area contributed by atoms with Gasteiger partial charge in [-0.15, -0.1) is 0 Å². The molecular formula is C7H6ClFN2O. The maximum Gasteiger partial charge on any atom is 0.147 e. The monoisotopic (exact) mass is 188 g/mol. The molecule has 1 aromatic rings. The van der Waals surface area contributed by atoms with Gasteiger partial charge in [-0.05, 0) is 12.1 Å². The first-order valence-corrected chi connectivity index (χ1v) is 3.45. The second-order valence-electron chi connectivity index (χ2n) is 2.14. The van der Waals surface area contributed by atoms with E-state index in [2.05, 4.69) is 5.16 Å². The molecule has 64 valence electrons. The summed E-state index contributed by atoms with van der Waals surface area (Å²) in [4.78, 5) is 0. The number of benzene rings is 1. The van der Waals surface area contributed by atoms with Gasteiger partial charge < -0.3 is 10.9 Å². The van der Waals surface area contributed by atoms with Gasteiger partial charge in [0.05, 0.1) is 16.9 Å². The highest BCUT2D eigenvalue weighted by molar-refractivity contribution is 6.33. The minimum Gasteiger partial charge on any atom is -0.411 e. The zero-order valence-electron chi connectivity index (χ0n) is 5.96. The van der Waals surface area contributed by atoms with Crippen molar-refractivity contribution < 1.29 is 9.60 Å². The Balaban J connectivity index is 3.23. The van der Waals surface area contributed by atoms with Gasteiger partial charge in [-0.3, -0.25) is 0 Å². The number of nitrogen functional groups attached to an aromatic ring is 1. The Bertz CT molecular complexity index is 327. The maximum atomic E-state index is 12.7. The van der Waals surface area contributed by atoms with Crippen LogP contribution >= 0.6 is 11.6 Å². The Kier molecular flexibility index (Phi) is 2.50. The number of nitrogens with two attached hydrogens (primary N) is 1. The molecule has 0 unspecified atom stereocenters. The summed E-state index contributed by atoms with van der Waals surface area (Å²) in [5.41, 5.74) is 5.58. The Labute approximate surface area is 73.2 Å². The van der Waals surface area contributed by atoms with Gasteiger partial charge in [0.2, 0.25) is 0 Å². The minimum absolute atomic E-state index is 0.0331. The van der Waals surface area contributed by atoms with Gasteiger partial charge in [0, 0.05) is 5.56 Å². The molecule has 0 heterocycles. The molecular weight excluding hydrogens is 183 g/mol. The van der Waals surface area contributed by atoms with Crippen molar-refractivity contribution in [2.75, 3.05) is 5.73 Å². The topological polar surface area (TPSA) is 58.6 Å². The summed E-state index contributed by atoms with van der Waals surface area (Å²) in [6.07, 6.45) is 1.08. The summed E-state index contributed by atoms with van der Waals surface area (Å²) in [6.45, 7) is 0. The Morgan fingerprint density at radius 2 is 2.25 bits per heavy atom. The molecule has 1 rings (SSSR count). The van der Waals surface area contributed by atoms with Crippen molar-refractivity contribution in [2.24, 2.45) is 5.16 Å². The van der Waals surface area contributed by atoms with Gasteiger partial charge in [-0.1, -0.05) is 16.8 Å². The van der Waals surface area contributed by atoms with Crippen molar-refractivity contribution >= 4 is 23.5 Å². The fraction of sp³-hybridized carbons (Fsp3) is 0. The van der Waals surface area contributed by atoms with Gasteiger partial charge in [-0.25, -0.2) is 4.39 Å². The third-order valence-electron chi connectivity index (χ3n) is 1.31. The van der Waals surface area contributed by atoms with Gasteiger partial charge >= 0.3 is 0 Å². The van der Waals surface area contributed by atoms with Crippen LogP contribution in [0.2, 0.25) is 5.02 Å². The molecule has 0 fully saturated rings. The quantitative estimate of drug-likeness (QED) is 0.306. The molecule has 12 heavy (non-hydrogen) atoms. The number of hydrogen-bond acceptors (Lipinski definition) is 3. The van der Waals surface area contributed by atoms with E-state index in [9.17, 15) is 4.39 Å². The number of halogens is 2. The summed E-state index contributed by atoms with van der Waals surface area (Å²) >= 11 is 5.58. The SMILES string of the molecule is Nc1cc(/C=N/O)c(Cl)cc1F. The van der Waals surface area contributed by atoms with Crippen LogP contribution in [0.15, 0.2) is 17.3 Å². The first kappa shape index (κ1) is 8.80. The molecule has 3 nitrogen and oxygen atoms in total. The largest absolute Gasteiger partial charge is 0.411 e. The van der Waals surface area contributed by atoms with E-state index >= 15 is 0 Å². The molecule has 0 aliphatic rings. The highest BCUT2D eigenvalue weighted by Gasteiger charge is 2.03. The third kappa shape index (κ3) is 1.65. The van der Waals surface area contributed by atoms with Gasteiger partial charge in [0.15, 0.2) is 0 Å². The molecule has 1 aromatic carbocycles. The van der Waals surface area contributed by atoms with Crippen molar-refractivity contribution in [1.82, 2.24) is 0 Å². The normalized spacial score (nSPS) is 10.8. The van der Waals surface area contributed by atoms with Crippen LogP contribution in [0.5, 0.6) is 0 Å². The Morgan fingerprint density at radius 3 is 2.83 bits per heavy atom. The van der Waals surface area contributed by atoms with Crippen molar-refractivity contribution in [2.45, 2.75) is 0 Å². The molecule has 3 N–H and O–H groups in total. The second kappa shape index (κ2) is 3.40. The highest BCUT2D eigenvalue weighted by atomic mass is 35.5. The summed E-state index contributed by atoms with van der Waals surface area (Å²) < 4.78 is 12.7. The number of anilines is 1. The van der Waals surface area contributed by atoms with Crippen molar-refractivity contribution in [1.29, 1.82) is 0 Å².